The van der Waals surface area contributed by atoms with E-state index in [-0.39, 0.29) is 6.10 Å². The van der Waals surface area contributed by atoms with E-state index in [4.69, 9.17) is 0 Å². The molecular formula is C16H19BrN2O. The smallest absolute Gasteiger partial charge is 0.136 e. The normalized spacial score (nSPS) is 18.4. The van der Waals surface area contributed by atoms with Crippen LogP contribution < -0.4 is 4.90 Å². The maximum Gasteiger partial charge on any atom is 0.136 e. The zero-order valence-corrected chi connectivity index (χ0v) is 13.2. The second-order valence-corrected chi connectivity index (χ2v) is 6.39. The van der Waals surface area contributed by atoms with Crippen molar-refractivity contribution < 1.29 is 5.11 Å². The summed E-state index contributed by atoms with van der Waals surface area (Å²) < 4.78 is 1.11. The minimum absolute atomic E-state index is 0.202. The number of anilines is 1. The largest absolute Gasteiger partial charge is 0.393 e. The Balaban J connectivity index is 1.90. The zero-order chi connectivity index (χ0) is 14.1. The molecule has 0 saturated carbocycles. The Hall–Kier alpha value is -1.13. The molecule has 3 nitrogen and oxygen atoms in total. The Labute approximate surface area is 127 Å². The van der Waals surface area contributed by atoms with Gasteiger partial charge in [-0.05, 0) is 37.8 Å². The molecule has 0 radical (unpaired) electrons. The summed E-state index contributed by atoms with van der Waals surface area (Å²) in [6.07, 6.45) is 3.74. The van der Waals surface area contributed by atoms with Gasteiger partial charge in [0, 0.05) is 34.5 Å². The Morgan fingerprint density at radius 3 is 2.70 bits per heavy atom. The van der Waals surface area contributed by atoms with E-state index in [9.17, 15) is 5.11 Å². The molecule has 1 N–H and O–H groups in total. The van der Waals surface area contributed by atoms with E-state index in [0.717, 1.165) is 36.2 Å². The van der Waals surface area contributed by atoms with E-state index in [1.165, 1.54) is 10.8 Å². The van der Waals surface area contributed by atoms with Gasteiger partial charge in [-0.3, -0.25) is 0 Å². The number of aromatic nitrogens is 1. The highest BCUT2D eigenvalue weighted by atomic mass is 79.9. The summed E-state index contributed by atoms with van der Waals surface area (Å²) in [5, 5.41) is 12.1. The van der Waals surface area contributed by atoms with Crippen LogP contribution >= 0.6 is 15.9 Å². The third-order valence-corrected chi connectivity index (χ3v) is 4.94. The molecule has 1 fully saturated rings. The molecule has 4 heteroatoms. The van der Waals surface area contributed by atoms with Crippen molar-refractivity contribution in [2.75, 3.05) is 18.0 Å². The van der Waals surface area contributed by atoms with E-state index < -0.39 is 0 Å². The van der Waals surface area contributed by atoms with Crippen molar-refractivity contribution in [3.63, 3.8) is 0 Å². The summed E-state index contributed by atoms with van der Waals surface area (Å²) in [6.45, 7) is 3.83. The van der Waals surface area contributed by atoms with Crippen LogP contribution in [0.5, 0.6) is 0 Å². The van der Waals surface area contributed by atoms with Crippen molar-refractivity contribution in [2.45, 2.75) is 25.9 Å². The fourth-order valence-electron chi connectivity index (χ4n) is 3.00. The highest BCUT2D eigenvalue weighted by Gasteiger charge is 2.24. The van der Waals surface area contributed by atoms with Gasteiger partial charge in [0.25, 0.3) is 0 Å². The topological polar surface area (TPSA) is 36.4 Å². The Morgan fingerprint density at radius 2 is 2.00 bits per heavy atom. The summed E-state index contributed by atoms with van der Waals surface area (Å²) >= 11 is 3.60. The van der Waals surface area contributed by atoms with Crippen molar-refractivity contribution in [2.24, 2.45) is 5.92 Å². The van der Waals surface area contributed by atoms with E-state index in [1.54, 1.807) is 0 Å². The monoisotopic (exact) mass is 334 g/mol. The lowest BCUT2D eigenvalue weighted by Gasteiger charge is -2.34. The van der Waals surface area contributed by atoms with Gasteiger partial charge in [0.2, 0.25) is 0 Å². The number of hydrogen-bond acceptors (Lipinski definition) is 3. The molecule has 1 aliphatic rings. The van der Waals surface area contributed by atoms with Gasteiger partial charge >= 0.3 is 0 Å². The van der Waals surface area contributed by atoms with Crippen LogP contribution in [0.25, 0.3) is 10.8 Å². The predicted molar refractivity (Wildman–Crippen MR) is 86.1 cm³/mol. The molecule has 1 aromatic heterocycles. The van der Waals surface area contributed by atoms with Gasteiger partial charge in [-0.25, -0.2) is 4.98 Å². The fraction of sp³-hybridized carbons (Fsp3) is 0.438. The van der Waals surface area contributed by atoms with Crippen molar-refractivity contribution in [3.05, 3.63) is 34.9 Å². The van der Waals surface area contributed by atoms with Crippen molar-refractivity contribution in [1.29, 1.82) is 0 Å². The molecule has 0 spiro atoms. The average molecular weight is 335 g/mol. The van der Waals surface area contributed by atoms with Crippen LogP contribution in [0.4, 0.5) is 5.82 Å². The standard InChI is InChI=1S/C16H19BrN2O/c1-11(20)12-6-9-19(10-7-12)16-14-3-2-4-15(17)13(14)5-8-18-16/h2-5,8,11-12,20H,6-7,9-10H2,1H3. The lowest BCUT2D eigenvalue weighted by Crippen LogP contribution is -2.37. The molecule has 1 aromatic carbocycles. The average Bonchev–Trinajstić information content (AvgIpc) is 2.47. The Kier molecular flexibility index (Phi) is 3.94. The van der Waals surface area contributed by atoms with Gasteiger partial charge in [-0.2, -0.15) is 0 Å². The molecule has 1 unspecified atom stereocenters. The number of benzene rings is 1. The first kappa shape index (κ1) is 13.8. The van der Waals surface area contributed by atoms with Crippen LogP contribution in [0, 0.1) is 5.92 Å². The summed E-state index contributed by atoms with van der Waals surface area (Å²) in [4.78, 5) is 6.93. The van der Waals surface area contributed by atoms with Crippen molar-refractivity contribution in [3.8, 4) is 0 Å². The van der Waals surface area contributed by atoms with Gasteiger partial charge in [-0.1, -0.05) is 28.1 Å². The van der Waals surface area contributed by atoms with Gasteiger partial charge < -0.3 is 10.0 Å². The predicted octanol–water partition coefficient (Wildman–Crippen LogP) is 3.59. The first-order valence-electron chi connectivity index (χ1n) is 7.13. The van der Waals surface area contributed by atoms with Crippen molar-refractivity contribution >= 4 is 32.5 Å². The number of piperidine rings is 1. The summed E-state index contributed by atoms with van der Waals surface area (Å²) in [5.74, 6) is 1.49. The van der Waals surface area contributed by atoms with Crippen LogP contribution in [-0.2, 0) is 0 Å². The highest BCUT2D eigenvalue weighted by Crippen LogP contribution is 2.32. The van der Waals surface area contributed by atoms with Crippen LogP contribution in [-0.4, -0.2) is 29.3 Å². The first-order valence-corrected chi connectivity index (χ1v) is 7.92. The maximum atomic E-state index is 9.70. The molecule has 2 heterocycles. The quantitative estimate of drug-likeness (QED) is 0.911. The number of aliphatic hydroxyl groups excluding tert-OH is 1. The maximum absolute atomic E-state index is 9.70. The van der Waals surface area contributed by atoms with Gasteiger partial charge in [0.1, 0.15) is 5.82 Å². The van der Waals surface area contributed by atoms with Gasteiger partial charge in [0.15, 0.2) is 0 Å². The molecule has 2 aromatic rings. The minimum atomic E-state index is -0.202. The van der Waals surface area contributed by atoms with E-state index in [0.29, 0.717) is 5.92 Å². The minimum Gasteiger partial charge on any atom is -0.393 e. The molecule has 1 atom stereocenters. The lowest BCUT2D eigenvalue weighted by molar-refractivity contribution is 0.110. The highest BCUT2D eigenvalue weighted by molar-refractivity contribution is 9.10. The van der Waals surface area contributed by atoms with Crippen LogP contribution in [0.15, 0.2) is 34.9 Å². The first-order chi connectivity index (χ1) is 9.66. The number of pyridine rings is 1. The van der Waals surface area contributed by atoms with Crippen LogP contribution in [0.2, 0.25) is 0 Å². The molecule has 0 amide bonds. The molecule has 106 valence electrons. The molecule has 0 bridgehead atoms. The van der Waals surface area contributed by atoms with Crippen LogP contribution in [0.1, 0.15) is 19.8 Å². The third-order valence-electron chi connectivity index (χ3n) is 4.25. The number of halogens is 1. The number of fused-ring (bicyclic) bond motifs is 1. The third kappa shape index (κ3) is 2.54. The van der Waals surface area contributed by atoms with Crippen LogP contribution in [0.3, 0.4) is 0 Å². The second kappa shape index (κ2) is 5.70. The lowest BCUT2D eigenvalue weighted by atomic mass is 9.92. The number of rotatable bonds is 2. The molecule has 20 heavy (non-hydrogen) atoms. The summed E-state index contributed by atoms with van der Waals surface area (Å²) in [7, 11) is 0. The zero-order valence-electron chi connectivity index (χ0n) is 11.6. The summed E-state index contributed by atoms with van der Waals surface area (Å²) in [6, 6.07) is 8.29. The second-order valence-electron chi connectivity index (χ2n) is 5.53. The number of hydrogen-bond donors (Lipinski definition) is 1. The Morgan fingerprint density at radius 1 is 1.25 bits per heavy atom. The Bertz CT molecular complexity index is 606. The van der Waals surface area contributed by atoms with Gasteiger partial charge in [0.05, 0.1) is 6.10 Å². The molecule has 1 aliphatic heterocycles. The molecular weight excluding hydrogens is 316 g/mol. The van der Waals surface area contributed by atoms with E-state index >= 15 is 0 Å². The number of nitrogens with zero attached hydrogens (tertiary/aromatic N) is 2. The number of aliphatic hydroxyl groups is 1. The SMILES string of the molecule is CC(O)C1CCN(c2nccc3c(Br)cccc23)CC1. The fourth-order valence-corrected chi connectivity index (χ4v) is 3.50. The molecule has 1 saturated heterocycles. The molecule has 0 aliphatic carbocycles. The van der Waals surface area contributed by atoms with E-state index in [2.05, 4.69) is 44.0 Å². The van der Waals surface area contributed by atoms with E-state index in [1.807, 2.05) is 19.2 Å². The summed E-state index contributed by atoms with van der Waals surface area (Å²) in [5.41, 5.74) is 0. The van der Waals surface area contributed by atoms with Crippen molar-refractivity contribution in [1.82, 2.24) is 4.98 Å². The van der Waals surface area contributed by atoms with Gasteiger partial charge in [-0.15, -0.1) is 0 Å². The molecule has 3 rings (SSSR count).